The predicted octanol–water partition coefficient (Wildman–Crippen LogP) is 1.66. The molecule has 0 radical (unpaired) electrons. The molecule has 0 amide bonds. The quantitative estimate of drug-likeness (QED) is 0.890. The minimum atomic E-state index is -1.16. The topological polar surface area (TPSA) is 61.4 Å². The fourth-order valence-corrected chi connectivity index (χ4v) is 2.38. The van der Waals surface area contributed by atoms with Gasteiger partial charge in [0.15, 0.2) is 0 Å². The first-order chi connectivity index (χ1) is 8.72. The lowest BCUT2D eigenvalue weighted by molar-refractivity contribution is -0.307. The number of carbonyl (C=O) groups excluding carboxylic acids is 1. The summed E-state index contributed by atoms with van der Waals surface area (Å²) < 4.78 is 5.17. The smallest absolute Gasteiger partial charge is 0.141 e. The number of nitrogens with one attached hydrogen (secondary N) is 1. The third-order valence-electron chi connectivity index (χ3n) is 2.47. The summed E-state index contributed by atoms with van der Waals surface area (Å²) in [5.41, 5.74) is 0.627. The second kappa shape index (κ2) is 5.55. The fourth-order valence-electron chi connectivity index (χ4n) is 1.62. The molecule has 18 heavy (non-hydrogen) atoms. The fraction of sp³-hybridized carbons (Fsp3) is 0.154. The highest BCUT2D eigenvalue weighted by Gasteiger charge is 2.15. The number of aliphatic carboxylic acids is 1. The molecule has 0 saturated carbocycles. The maximum atomic E-state index is 11.2. The first-order valence-corrected chi connectivity index (χ1v) is 6.24. The Morgan fingerprint density at radius 2 is 2.11 bits per heavy atom. The van der Waals surface area contributed by atoms with Crippen LogP contribution in [-0.2, 0) is 4.79 Å². The molecule has 5 heteroatoms. The van der Waals surface area contributed by atoms with Crippen LogP contribution >= 0.6 is 11.3 Å². The molecule has 0 unspecified atom stereocenters. The van der Waals surface area contributed by atoms with Crippen molar-refractivity contribution < 1.29 is 14.6 Å². The second-order valence-corrected chi connectivity index (χ2v) is 4.59. The summed E-state index contributed by atoms with van der Waals surface area (Å²) in [6.45, 7) is 0. The van der Waals surface area contributed by atoms with Crippen LogP contribution in [0.15, 0.2) is 41.8 Å². The highest BCUT2D eigenvalue weighted by atomic mass is 32.1. The van der Waals surface area contributed by atoms with E-state index in [0.29, 0.717) is 16.3 Å². The van der Waals surface area contributed by atoms with Gasteiger partial charge in [0.25, 0.3) is 0 Å². The number of hydrogen-bond donors (Lipinski definition) is 1. The number of carboxylic acids is 1. The van der Waals surface area contributed by atoms with Crippen LogP contribution in [0, 0.1) is 0 Å². The van der Waals surface area contributed by atoms with Crippen LogP contribution in [0.25, 0.3) is 0 Å². The number of thiophene rings is 1. The molecule has 1 atom stereocenters. The minimum absolute atomic E-state index is 0.598. The number of hydrogen-bond acceptors (Lipinski definition) is 5. The zero-order chi connectivity index (χ0) is 13.0. The van der Waals surface area contributed by atoms with Crippen molar-refractivity contribution >= 4 is 23.0 Å². The molecule has 0 aliphatic heterocycles. The van der Waals surface area contributed by atoms with Crippen LogP contribution in [0.5, 0.6) is 5.75 Å². The zero-order valence-corrected chi connectivity index (χ0v) is 10.6. The van der Waals surface area contributed by atoms with Gasteiger partial charge in [0.1, 0.15) is 11.8 Å². The predicted molar refractivity (Wildman–Crippen MR) is 68.7 cm³/mol. The molecule has 0 aliphatic rings. The molecule has 0 bridgehead atoms. The molecular formula is C13H12NO3S-. The van der Waals surface area contributed by atoms with Crippen LogP contribution in [0.4, 0.5) is 5.69 Å². The van der Waals surface area contributed by atoms with Gasteiger partial charge in [-0.15, -0.1) is 11.3 Å². The SMILES string of the molecule is COc1ccccc1N[C@H](C(=O)[O-])c1cccs1. The van der Waals surface area contributed by atoms with E-state index < -0.39 is 12.0 Å². The number of carboxylic acid groups (broad SMARTS) is 1. The highest BCUT2D eigenvalue weighted by molar-refractivity contribution is 7.10. The van der Waals surface area contributed by atoms with E-state index in [1.54, 1.807) is 31.4 Å². The molecule has 2 aromatic rings. The van der Waals surface area contributed by atoms with Crippen molar-refractivity contribution in [2.75, 3.05) is 12.4 Å². The van der Waals surface area contributed by atoms with Crippen molar-refractivity contribution in [3.63, 3.8) is 0 Å². The number of rotatable bonds is 5. The van der Waals surface area contributed by atoms with Gasteiger partial charge >= 0.3 is 0 Å². The summed E-state index contributed by atoms with van der Waals surface area (Å²) in [7, 11) is 1.54. The molecule has 1 heterocycles. The summed E-state index contributed by atoms with van der Waals surface area (Å²) in [6, 6.07) is 9.86. The lowest BCUT2D eigenvalue weighted by Crippen LogP contribution is -2.33. The highest BCUT2D eigenvalue weighted by Crippen LogP contribution is 2.29. The van der Waals surface area contributed by atoms with Crippen LogP contribution < -0.4 is 15.2 Å². The standard InChI is InChI=1S/C13H13NO3S/c1-17-10-6-3-2-5-9(10)14-12(13(15)16)11-7-4-8-18-11/h2-8,12,14H,1H3,(H,15,16)/p-1/t12-/m0/s1. The monoisotopic (exact) mass is 262 g/mol. The average Bonchev–Trinajstić information content (AvgIpc) is 2.89. The lowest BCUT2D eigenvalue weighted by atomic mass is 10.2. The van der Waals surface area contributed by atoms with Crippen LogP contribution in [-0.4, -0.2) is 13.1 Å². The molecule has 0 saturated heterocycles. The van der Waals surface area contributed by atoms with Gasteiger partial charge in [0, 0.05) is 4.88 Å². The molecular weight excluding hydrogens is 250 g/mol. The molecule has 94 valence electrons. The van der Waals surface area contributed by atoms with E-state index in [1.807, 2.05) is 17.5 Å². The van der Waals surface area contributed by atoms with Crippen LogP contribution in [0.2, 0.25) is 0 Å². The van der Waals surface area contributed by atoms with Gasteiger partial charge in [-0.2, -0.15) is 0 Å². The Bertz CT molecular complexity index is 525. The summed E-state index contributed by atoms with van der Waals surface area (Å²) in [6.07, 6.45) is 0. The van der Waals surface area contributed by atoms with Gasteiger partial charge in [-0.05, 0) is 23.6 Å². The number of benzene rings is 1. The molecule has 0 fully saturated rings. The average molecular weight is 262 g/mol. The van der Waals surface area contributed by atoms with Crippen molar-refractivity contribution in [3.8, 4) is 5.75 Å². The Labute approximate surface area is 109 Å². The molecule has 1 aromatic heterocycles. The van der Waals surface area contributed by atoms with Gasteiger partial charge in [-0.1, -0.05) is 18.2 Å². The van der Waals surface area contributed by atoms with E-state index in [2.05, 4.69) is 5.32 Å². The Balaban J connectivity index is 2.27. The molecule has 0 aliphatic carbocycles. The third-order valence-corrected chi connectivity index (χ3v) is 3.41. The maximum Gasteiger partial charge on any atom is 0.141 e. The first kappa shape index (κ1) is 12.4. The number of carbonyl (C=O) groups is 1. The van der Waals surface area contributed by atoms with E-state index in [4.69, 9.17) is 4.74 Å². The van der Waals surface area contributed by atoms with Crippen molar-refractivity contribution in [1.29, 1.82) is 0 Å². The van der Waals surface area contributed by atoms with Crippen molar-refractivity contribution in [3.05, 3.63) is 46.7 Å². The number of para-hydroxylation sites is 2. The second-order valence-electron chi connectivity index (χ2n) is 3.61. The summed E-state index contributed by atoms with van der Waals surface area (Å²) in [4.78, 5) is 11.9. The van der Waals surface area contributed by atoms with Gasteiger partial charge in [0.2, 0.25) is 0 Å². The van der Waals surface area contributed by atoms with Gasteiger partial charge < -0.3 is 20.0 Å². The zero-order valence-electron chi connectivity index (χ0n) is 9.75. The lowest BCUT2D eigenvalue weighted by Gasteiger charge is -2.21. The van der Waals surface area contributed by atoms with Crippen molar-refractivity contribution in [2.45, 2.75) is 6.04 Å². The Morgan fingerprint density at radius 3 is 2.72 bits per heavy atom. The Morgan fingerprint density at radius 1 is 1.33 bits per heavy atom. The maximum absolute atomic E-state index is 11.2. The molecule has 1 N–H and O–H groups in total. The minimum Gasteiger partial charge on any atom is -0.547 e. The van der Waals surface area contributed by atoms with Gasteiger partial charge in [0.05, 0.1) is 18.8 Å². The van der Waals surface area contributed by atoms with Crippen molar-refractivity contribution in [2.24, 2.45) is 0 Å². The molecule has 4 nitrogen and oxygen atoms in total. The van der Waals surface area contributed by atoms with E-state index in [9.17, 15) is 9.90 Å². The molecule has 1 aromatic carbocycles. The van der Waals surface area contributed by atoms with E-state index in [1.165, 1.54) is 11.3 Å². The normalized spacial score (nSPS) is 11.8. The largest absolute Gasteiger partial charge is 0.547 e. The van der Waals surface area contributed by atoms with Crippen LogP contribution in [0.1, 0.15) is 10.9 Å². The van der Waals surface area contributed by atoms with Crippen molar-refractivity contribution in [1.82, 2.24) is 0 Å². The van der Waals surface area contributed by atoms with Gasteiger partial charge in [-0.3, -0.25) is 0 Å². The summed E-state index contributed by atoms with van der Waals surface area (Å²) in [5, 5.41) is 15.9. The summed E-state index contributed by atoms with van der Waals surface area (Å²) in [5.74, 6) is -0.566. The van der Waals surface area contributed by atoms with E-state index in [0.717, 1.165) is 0 Å². The van der Waals surface area contributed by atoms with Gasteiger partial charge in [-0.25, -0.2) is 0 Å². The third kappa shape index (κ3) is 2.62. The summed E-state index contributed by atoms with van der Waals surface area (Å²) >= 11 is 1.37. The molecule has 2 rings (SSSR count). The van der Waals surface area contributed by atoms with E-state index >= 15 is 0 Å². The first-order valence-electron chi connectivity index (χ1n) is 5.36. The Hall–Kier alpha value is -2.01. The Kier molecular flexibility index (Phi) is 3.84. The molecule has 0 spiro atoms. The number of methoxy groups -OCH3 is 1. The number of anilines is 1. The number of ether oxygens (including phenoxy) is 1. The van der Waals surface area contributed by atoms with E-state index in [-0.39, 0.29) is 0 Å². The van der Waals surface area contributed by atoms with Crippen LogP contribution in [0.3, 0.4) is 0 Å².